The van der Waals surface area contributed by atoms with Crippen LogP contribution in [0.1, 0.15) is 0 Å². The van der Waals surface area contributed by atoms with E-state index in [0.29, 0.717) is 5.40 Å². The van der Waals surface area contributed by atoms with Crippen molar-refractivity contribution in [3.05, 3.63) is 0 Å². The first kappa shape index (κ1) is 10.6. The van der Waals surface area contributed by atoms with Crippen molar-refractivity contribution in [1.29, 1.82) is 5.26 Å². The molecule has 0 aliphatic carbocycles. The first-order chi connectivity index (χ1) is 2.56. The maximum absolute atomic E-state index is 9.19. The van der Waals surface area contributed by atoms with Gasteiger partial charge in [0.05, 0.1) is 0 Å². The summed E-state index contributed by atoms with van der Waals surface area (Å²) in [4.78, 5) is 0. The van der Waals surface area contributed by atoms with Crippen LogP contribution >= 0.6 is 0 Å². The SMILES string of the molecule is N#CS(=O)(=O)O.[CaH2]. The van der Waals surface area contributed by atoms with E-state index in [-0.39, 0.29) is 37.7 Å². The number of nitriles is 1. The van der Waals surface area contributed by atoms with Gasteiger partial charge in [-0.1, -0.05) is 0 Å². The van der Waals surface area contributed by atoms with E-state index in [2.05, 4.69) is 0 Å². The Morgan fingerprint density at radius 3 is 1.71 bits per heavy atom. The Labute approximate surface area is 70.9 Å². The minimum absolute atomic E-state index is 0. The average molecular weight is 149 g/mol. The van der Waals surface area contributed by atoms with Crippen molar-refractivity contribution >= 4 is 47.9 Å². The van der Waals surface area contributed by atoms with E-state index >= 15 is 0 Å². The molecule has 0 fully saturated rings. The minimum atomic E-state index is -4.36. The molecule has 0 atom stereocenters. The first-order valence-corrected chi connectivity index (χ1v) is 2.38. The topological polar surface area (TPSA) is 78.2 Å². The van der Waals surface area contributed by atoms with Gasteiger partial charge in [0, 0.05) is 0 Å². The third kappa shape index (κ3) is 10.8. The zero-order valence-corrected chi connectivity index (χ0v) is 3.44. The van der Waals surface area contributed by atoms with E-state index < -0.39 is 10.1 Å². The van der Waals surface area contributed by atoms with Crippen LogP contribution in [0.3, 0.4) is 0 Å². The van der Waals surface area contributed by atoms with Gasteiger partial charge < -0.3 is 0 Å². The van der Waals surface area contributed by atoms with Gasteiger partial charge in [-0.05, 0) is 0 Å². The predicted molar refractivity (Wildman–Crippen MR) is 25.7 cm³/mol. The Morgan fingerprint density at radius 1 is 1.57 bits per heavy atom. The van der Waals surface area contributed by atoms with Gasteiger partial charge in [-0.25, -0.2) is 0 Å². The van der Waals surface area contributed by atoms with E-state index in [0.717, 1.165) is 0 Å². The summed E-state index contributed by atoms with van der Waals surface area (Å²) in [6.45, 7) is 0. The molecule has 38 valence electrons. The zero-order valence-electron chi connectivity index (χ0n) is 2.62. The molecule has 0 bridgehead atoms. The van der Waals surface area contributed by atoms with Crippen molar-refractivity contribution in [2.24, 2.45) is 0 Å². The molecule has 0 aromatic carbocycles. The van der Waals surface area contributed by atoms with E-state index in [4.69, 9.17) is 9.81 Å². The summed E-state index contributed by atoms with van der Waals surface area (Å²) < 4.78 is 25.8. The molecule has 0 saturated heterocycles. The first-order valence-electron chi connectivity index (χ1n) is 0.944. The Morgan fingerprint density at radius 2 is 1.71 bits per heavy atom. The fourth-order valence-electron chi connectivity index (χ4n) is 0. The summed E-state index contributed by atoms with van der Waals surface area (Å²) >= 11 is 0. The van der Waals surface area contributed by atoms with E-state index in [1.807, 2.05) is 0 Å². The number of thiocyanates is 1. The maximum atomic E-state index is 9.19. The van der Waals surface area contributed by atoms with Crippen LogP contribution in [0.25, 0.3) is 0 Å². The standard InChI is InChI=1S/CHNO3S.Ca.2H/c2-1-6(3,4)5;;;/h(H,3,4,5);;;. The third-order valence-electron chi connectivity index (χ3n) is 0.115. The molecule has 0 aromatic rings. The van der Waals surface area contributed by atoms with Crippen LogP contribution in [0, 0.1) is 10.7 Å². The van der Waals surface area contributed by atoms with Gasteiger partial charge >= 0.3 is 47.9 Å². The third-order valence-corrected chi connectivity index (χ3v) is 0.346. The summed E-state index contributed by atoms with van der Waals surface area (Å²) in [6.07, 6.45) is 0. The van der Waals surface area contributed by atoms with Gasteiger partial charge in [-0.15, -0.1) is 0 Å². The van der Waals surface area contributed by atoms with E-state index in [1.165, 1.54) is 0 Å². The van der Waals surface area contributed by atoms with Gasteiger partial charge in [0.25, 0.3) is 0 Å². The molecule has 0 rings (SSSR count). The fourth-order valence-corrected chi connectivity index (χ4v) is 0. The second-order valence-corrected chi connectivity index (χ2v) is 1.70. The number of nitrogens with zero attached hydrogens (tertiary/aromatic N) is 1. The second-order valence-electron chi connectivity index (χ2n) is 0.566. The monoisotopic (exact) mass is 149 g/mol. The molecule has 0 aliphatic rings. The Kier molecular flexibility index (Phi) is 5.51. The van der Waals surface area contributed by atoms with Crippen LogP contribution in [0.4, 0.5) is 0 Å². The van der Waals surface area contributed by atoms with Gasteiger partial charge in [0.2, 0.25) is 5.40 Å². The van der Waals surface area contributed by atoms with E-state index in [9.17, 15) is 8.42 Å². The zero-order chi connectivity index (χ0) is 5.21. The molecule has 0 spiro atoms. The molecule has 0 radical (unpaired) electrons. The molecule has 6 heteroatoms. The molecule has 0 aromatic heterocycles. The van der Waals surface area contributed by atoms with Gasteiger partial charge in [0.15, 0.2) is 0 Å². The van der Waals surface area contributed by atoms with Crippen LogP contribution in [-0.2, 0) is 10.1 Å². The molecule has 4 nitrogen and oxygen atoms in total. The van der Waals surface area contributed by atoms with Crippen molar-refractivity contribution in [2.75, 3.05) is 0 Å². The molecular weight excluding hydrogens is 146 g/mol. The van der Waals surface area contributed by atoms with Crippen molar-refractivity contribution < 1.29 is 13.0 Å². The Balaban J connectivity index is 0. The summed E-state index contributed by atoms with van der Waals surface area (Å²) in [5.74, 6) is 0. The summed E-state index contributed by atoms with van der Waals surface area (Å²) in [7, 11) is -4.36. The predicted octanol–water partition coefficient (Wildman–Crippen LogP) is -1.56. The molecule has 0 saturated carbocycles. The average Bonchev–Trinajstić information content (AvgIpc) is 1.35. The number of rotatable bonds is 0. The molecular formula is CH3CaNO3S. The number of hydrogen-bond acceptors (Lipinski definition) is 3. The Hall–Kier alpha value is 0.660. The summed E-state index contributed by atoms with van der Waals surface area (Å²) in [5, 5.41) is 7.95. The van der Waals surface area contributed by atoms with Crippen molar-refractivity contribution in [3.63, 3.8) is 0 Å². The van der Waals surface area contributed by atoms with Crippen LogP contribution in [0.2, 0.25) is 0 Å². The summed E-state index contributed by atoms with van der Waals surface area (Å²) in [5.41, 5.74) is 0. The van der Waals surface area contributed by atoms with E-state index in [1.54, 1.807) is 0 Å². The normalized spacial score (nSPS) is 8.57. The van der Waals surface area contributed by atoms with Gasteiger partial charge in [0.1, 0.15) is 0 Å². The second kappa shape index (κ2) is 3.64. The molecule has 0 aliphatic heterocycles. The fraction of sp³-hybridized carbons (Fsp3) is 0. The molecule has 0 unspecified atom stereocenters. The summed E-state index contributed by atoms with van der Waals surface area (Å²) in [6, 6.07) is 0. The Bertz CT molecular complexity index is 164. The van der Waals surface area contributed by atoms with Crippen molar-refractivity contribution in [2.45, 2.75) is 0 Å². The van der Waals surface area contributed by atoms with Crippen molar-refractivity contribution in [3.8, 4) is 5.40 Å². The molecule has 7 heavy (non-hydrogen) atoms. The molecule has 1 N–H and O–H groups in total. The van der Waals surface area contributed by atoms with Gasteiger partial charge in [-0.3, -0.25) is 4.55 Å². The van der Waals surface area contributed by atoms with Crippen LogP contribution in [-0.4, -0.2) is 50.7 Å². The van der Waals surface area contributed by atoms with Crippen LogP contribution in [0.15, 0.2) is 0 Å². The molecule has 0 heterocycles. The van der Waals surface area contributed by atoms with Gasteiger partial charge in [-0.2, -0.15) is 13.7 Å². The van der Waals surface area contributed by atoms with Crippen LogP contribution < -0.4 is 0 Å². The quantitative estimate of drug-likeness (QED) is 0.195. The number of hydrogen-bond donors (Lipinski definition) is 1. The van der Waals surface area contributed by atoms with Crippen molar-refractivity contribution in [1.82, 2.24) is 0 Å². The van der Waals surface area contributed by atoms with Crippen LogP contribution in [0.5, 0.6) is 0 Å². The molecule has 0 amide bonds.